The number of amides is 1. The van der Waals surface area contributed by atoms with E-state index in [-0.39, 0.29) is 17.7 Å². The minimum absolute atomic E-state index is 0.0101. The summed E-state index contributed by atoms with van der Waals surface area (Å²) in [5.41, 5.74) is -2.50. The van der Waals surface area contributed by atoms with E-state index in [1.54, 1.807) is 26.8 Å². The summed E-state index contributed by atoms with van der Waals surface area (Å²) in [6.07, 6.45) is -6.68. The van der Waals surface area contributed by atoms with Gasteiger partial charge in [0.15, 0.2) is 17.2 Å². The molecule has 2 aliphatic rings. The Balaban J connectivity index is 1.63. The van der Waals surface area contributed by atoms with Crippen molar-refractivity contribution in [2.75, 3.05) is 24.9 Å². The molecule has 1 amide bonds. The van der Waals surface area contributed by atoms with Crippen LogP contribution in [-0.4, -0.2) is 67.0 Å². The Morgan fingerprint density at radius 1 is 1.15 bits per heavy atom. The molecule has 1 aromatic heterocycles. The van der Waals surface area contributed by atoms with Gasteiger partial charge in [-0.1, -0.05) is 18.9 Å². The van der Waals surface area contributed by atoms with Crippen molar-refractivity contribution < 1.29 is 50.5 Å². The quantitative estimate of drug-likeness (QED) is 0.211. The first kappa shape index (κ1) is 34.6. The minimum Gasteiger partial charge on any atom is -0.493 e. The molecule has 15 heteroatoms. The summed E-state index contributed by atoms with van der Waals surface area (Å²) >= 11 is 0. The van der Waals surface area contributed by atoms with E-state index in [1.807, 2.05) is 0 Å². The van der Waals surface area contributed by atoms with Crippen LogP contribution in [0, 0.1) is 29.4 Å². The zero-order chi connectivity index (χ0) is 34.2. The van der Waals surface area contributed by atoms with Gasteiger partial charge in [-0.3, -0.25) is 0 Å². The van der Waals surface area contributed by atoms with Gasteiger partial charge in [0.05, 0.1) is 25.6 Å². The van der Waals surface area contributed by atoms with E-state index in [0.717, 1.165) is 27.2 Å². The molecule has 1 saturated heterocycles. The van der Waals surface area contributed by atoms with Crippen LogP contribution in [0.2, 0.25) is 0 Å². The lowest BCUT2D eigenvalue weighted by atomic mass is 9.76. The molecule has 0 saturated carbocycles. The third-order valence-corrected chi connectivity index (χ3v) is 7.93. The van der Waals surface area contributed by atoms with Gasteiger partial charge in [0.1, 0.15) is 29.6 Å². The molecular formula is C31H35F5N4O6. The molecule has 0 radical (unpaired) electrons. The predicted octanol–water partition coefficient (Wildman–Crippen LogP) is 5.48. The largest absolute Gasteiger partial charge is 0.493 e. The lowest BCUT2D eigenvalue weighted by Gasteiger charge is -2.32. The molecule has 4 rings (SSSR count). The summed E-state index contributed by atoms with van der Waals surface area (Å²) in [6.45, 7) is 7.23. The number of nitrogens with one attached hydrogen (secondary N) is 3. The van der Waals surface area contributed by atoms with E-state index in [1.165, 1.54) is 19.2 Å². The van der Waals surface area contributed by atoms with Crippen molar-refractivity contribution in [2.24, 2.45) is 5.92 Å². The highest BCUT2D eigenvalue weighted by Crippen LogP contribution is 2.56. The molecule has 10 nitrogen and oxygen atoms in total. The van der Waals surface area contributed by atoms with Gasteiger partial charge in [0.25, 0.3) is 0 Å². The number of methoxy groups -OCH3 is 2. The standard InChI is InChI=1S/C31H35F5N4O6/c1-15-21(16-11-12-17(32)22(33)24(16)43-6)25(45-30(15,5)31(34,35)36)26-38-19-13-14-37-18(23(19)40-26)9-8-10-20(27(41)44-7)39-28(42)46-29(2,3)4/h11-15,20-21,25-26,38,40H,10H2,1-7H3,(H,39,42)/t15?,20?,21?,25?,26-,30+/m0/s1. The highest BCUT2D eigenvalue weighted by atomic mass is 19.4. The van der Waals surface area contributed by atoms with E-state index < -0.39 is 77.0 Å². The highest BCUT2D eigenvalue weighted by molar-refractivity contribution is 5.82. The SMILES string of the molecule is COC(=O)C(CC#Cc1nccc2c1N[C@@H](C1O[C@@](C)(C(F)(F)F)C(C)C1c1ccc(F)c(F)c1OC)N2)NC(=O)OC(C)(C)C. The molecule has 0 spiro atoms. The number of hydrogen-bond acceptors (Lipinski definition) is 9. The first-order valence-corrected chi connectivity index (χ1v) is 14.3. The van der Waals surface area contributed by atoms with Gasteiger partial charge in [0, 0.05) is 30.0 Å². The van der Waals surface area contributed by atoms with E-state index in [2.05, 4.69) is 32.8 Å². The highest BCUT2D eigenvalue weighted by Gasteiger charge is 2.66. The molecule has 3 heterocycles. The summed E-state index contributed by atoms with van der Waals surface area (Å²) in [4.78, 5) is 28.7. The van der Waals surface area contributed by atoms with Crippen molar-refractivity contribution in [3.8, 4) is 17.6 Å². The number of carbonyl (C=O) groups excluding carboxylic acids is 2. The third-order valence-electron chi connectivity index (χ3n) is 7.93. The number of anilines is 2. The summed E-state index contributed by atoms with van der Waals surface area (Å²) < 4.78 is 92.9. The van der Waals surface area contributed by atoms with Crippen LogP contribution in [0.1, 0.15) is 58.2 Å². The smallest absolute Gasteiger partial charge is 0.417 e. The van der Waals surface area contributed by atoms with E-state index in [0.29, 0.717) is 11.4 Å². The number of rotatable bonds is 6. The van der Waals surface area contributed by atoms with Crippen molar-refractivity contribution in [1.82, 2.24) is 10.3 Å². The second kappa shape index (κ2) is 12.8. The van der Waals surface area contributed by atoms with Gasteiger partial charge in [-0.05, 0) is 45.7 Å². The van der Waals surface area contributed by atoms with Gasteiger partial charge >= 0.3 is 18.2 Å². The molecule has 2 aliphatic heterocycles. The Bertz CT molecular complexity index is 1550. The number of carbonyl (C=O) groups is 2. The zero-order valence-corrected chi connectivity index (χ0v) is 26.2. The summed E-state index contributed by atoms with van der Waals surface area (Å²) in [7, 11) is 2.26. The second-order valence-electron chi connectivity index (χ2n) is 12.1. The number of esters is 1. The van der Waals surface area contributed by atoms with Crippen LogP contribution >= 0.6 is 0 Å². The monoisotopic (exact) mass is 654 g/mol. The number of hydrogen-bond donors (Lipinski definition) is 3. The van der Waals surface area contributed by atoms with Crippen molar-refractivity contribution in [2.45, 2.75) is 82.6 Å². The van der Waals surface area contributed by atoms with Crippen molar-refractivity contribution >= 4 is 23.4 Å². The molecule has 1 fully saturated rings. The van der Waals surface area contributed by atoms with Crippen molar-refractivity contribution in [3.05, 3.63) is 47.3 Å². The van der Waals surface area contributed by atoms with Crippen LogP contribution in [0.5, 0.6) is 5.75 Å². The van der Waals surface area contributed by atoms with Gasteiger partial charge in [-0.2, -0.15) is 17.6 Å². The number of pyridine rings is 1. The van der Waals surface area contributed by atoms with Crippen molar-refractivity contribution in [3.63, 3.8) is 0 Å². The molecule has 3 N–H and O–H groups in total. The second-order valence-corrected chi connectivity index (χ2v) is 12.1. The maximum Gasteiger partial charge on any atom is 0.417 e. The molecule has 2 aromatic rings. The zero-order valence-electron chi connectivity index (χ0n) is 26.2. The fraction of sp³-hybridized carbons (Fsp3) is 0.516. The number of nitrogens with zero attached hydrogens (tertiary/aromatic N) is 1. The van der Waals surface area contributed by atoms with E-state index >= 15 is 0 Å². The van der Waals surface area contributed by atoms with Crippen LogP contribution in [0.15, 0.2) is 24.4 Å². The Kier molecular flexibility index (Phi) is 9.63. The van der Waals surface area contributed by atoms with Crippen LogP contribution in [0.4, 0.5) is 38.1 Å². The average molecular weight is 655 g/mol. The third kappa shape index (κ3) is 6.76. The van der Waals surface area contributed by atoms with Crippen LogP contribution in [0.25, 0.3) is 0 Å². The molecule has 46 heavy (non-hydrogen) atoms. The Morgan fingerprint density at radius 3 is 2.46 bits per heavy atom. The molecule has 0 aliphatic carbocycles. The Labute approximate surface area is 262 Å². The lowest BCUT2D eigenvalue weighted by molar-refractivity contribution is -0.274. The predicted molar refractivity (Wildman–Crippen MR) is 156 cm³/mol. The van der Waals surface area contributed by atoms with Gasteiger partial charge in [0.2, 0.25) is 5.82 Å². The lowest BCUT2D eigenvalue weighted by Crippen LogP contribution is -2.48. The maximum absolute atomic E-state index is 14.8. The first-order chi connectivity index (χ1) is 21.4. The molecule has 6 atom stereocenters. The van der Waals surface area contributed by atoms with Crippen molar-refractivity contribution in [1.29, 1.82) is 0 Å². The van der Waals surface area contributed by atoms with Gasteiger partial charge < -0.3 is 34.9 Å². The number of halogens is 5. The molecule has 250 valence electrons. The number of alkyl halides is 3. The first-order valence-electron chi connectivity index (χ1n) is 14.3. The number of benzene rings is 1. The fourth-order valence-corrected chi connectivity index (χ4v) is 5.52. The normalized spacial score (nSPS) is 24.4. The summed E-state index contributed by atoms with van der Waals surface area (Å²) in [6, 6.07) is 2.44. The van der Waals surface area contributed by atoms with Crippen LogP contribution < -0.4 is 20.7 Å². The maximum atomic E-state index is 14.8. The van der Waals surface area contributed by atoms with Gasteiger partial charge in [-0.15, -0.1) is 0 Å². The topological polar surface area (TPSA) is 120 Å². The van der Waals surface area contributed by atoms with Gasteiger partial charge in [-0.25, -0.2) is 19.0 Å². The van der Waals surface area contributed by atoms with E-state index in [4.69, 9.17) is 18.9 Å². The van der Waals surface area contributed by atoms with E-state index in [9.17, 15) is 31.5 Å². The molecule has 4 unspecified atom stereocenters. The van der Waals surface area contributed by atoms with Crippen LogP contribution in [-0.2, 0) is 19.0 Å². The molecule has 1 aromatic carbocycles. The average Bonchev–Trinajstić information content (AvgIpc) is 3.52. The Morgan fingerprint density at radius 2 is 1.85 bits per heavy atom. The number of alkyl carbamates (subject to hydrolysis) is 1. The van der Waals surface area contributed by atoms with Crippen LogP contribution in [0.3, 0.4) is 0 Å². The number of aromatic nitrogens is 1. The minimum atomic E-state index is -4.81. The molecule has 0 bridgehead atoms. The number of ether oxygens (including phenoxy) is 4. The molecular weight excluding hydrogens is 619 g/mol. The summed E-state index contributed by atoms with van der Waals surface area (Å²) in [5, 5.41) is 8.60. The number of fused-ring (bicyclic) bond motifs is 1. The fourth-order valence-electron chi connectivity index (χ4n) is 5.52. The summed E-state index contributed by atoms with van der Waals surface area (Å²) in [5.74, 6) is -0.585. The Hall–Kier alpha value is -4.32.